The predicted molar refractivity (Wildman–Crippen MR) is 245 cm³/mol. The molecule has 0 N–H and O–H groups in total. The molecule has 0 radical (unpaired) electrons. The SMILES string of the molecule is c1ccc(-c2ccc(N(c3ccc(-c4cccc(-c5cccc6ccccc56)c4)cc3)c3ccccc3-c3cc4c5ccccc5oc4c4ccccc34)cc2)cc1. The van der Waals surface area contributed by atoms with Crippen LogP contribution in [-0.2, 0) is 0 Å². The van der Waals surface area contributed by atoms with Crippen LogP contribution in [0.5, 0.6) is 0 Å². The number of fused-ring (bicyclic) bond motifs is 6. The van der Waals surface area contributed by atoms with Crippen molar-refractivity contribution < 1.29 is 4.42 Å². The Hall–Kier alpha value is -7.68. The zero-order chi connectivity index (χ0) is 38.4. The summed E-state index contributed by atoms with van der Waals surface area (Å²) in [6.45, 7) is 0. The van der Waals surface area contributed by atoms with Crippen molar-refractivity contribution in [1.29, 1.82) is 0 Å². The fraction of sp³-hybridized carbons (Fsp3) is 0. The number of nitrogens with zero attached hydrogens (tertiary/aromatic N) is 1. The van der Waals surface area contributed by atoms with E-state index in [2.05, 4.69) is 223 Å². The lowest BCUT2D eigenvalue weighted by Gasteiger charge is -2.28. The molecule has 0 unspecified atom stereocenters. The number of benzene rings is 10. The van der Waals surface area contributed by atoms with Crippen LogP contribution >= 0.6 is 0 Å². The molecule has 11 rings (SSSR count). The molecular formula is C56H37NO. The minimum Gasteiger partial charge on any atom is -0.455 e. The molecule has 0 atom stereocenters. The zero-order valence-corrected chi connectivity index (χ0v) is 31.7. The van der Waals surface area contributed by atoms with E-state index in [4.69, 9.17) is 4.42 Å². The first-order valence-electron chi connectivity index (χ1n) is 19.8. The molecule has 0 saturated carbocycles. The van der Waals surface area contributed by atoms with Crippen molar-refractivity contribution in [2.75, 3.05) is 4.90 Å². The van der Waals surface area contributed by atoms with E-state index in [0.29, 0.717) is 0 Å². The van der Waals surface area contributed by atoms with Gasteiger partial charge in [0.1, 0.15) is 11.2 Å². The van der Waals surface area contributed by atoms with Gasteiger partial charge < -0.3 is 9.32 Å². The smallest absolute Gasteiger partial charge is 0.143 e. The minimum atomic E-state index is 0.899. The van der Waals surface area contributed by atoms with E-state index in [-0.39, 0.29) is 0 Å². The summed E-state index contributed by atoms with van der Waals surface area (Å²) in [4.78, 5) is 2.40. The van der Waals surface area contributed by atoms with Gasteiger partial charge in [-0.25, -0.2) is 0 Å². The maximum atomic E-state index is 6.51. The summed E-state index contributed by atoms with van der Waals surface area (Å²) in [5.41, 5.74) is 14.6. The Morgan fingerprint density at radius 2 is 0.828 bits per heavy atom. The van der Waals surface area contributed by atoms with Gasteiger partial charge in [0.15, 0.2) is 0 Å². The first-order valence-corrected chi connectivity index (χ1v) is 19.8. The first-order chi connectivity index (χ1) is 28.8. The van der Waals surface area contributed by atoms with Crippen molar-refractivity contribution in [3.8, 4) is 44.5 Å². The molecule has 58 heavy (non-hydrogen) atoms. The molecule has 1 aromatic heterocycles. The summed E-state index contributed by atoms with van der Waals surface area (Å²) in [6, 6.07) is 80.7. The van der Waals surface area contributed by atoms with Crippen molar-refractivity contribution in [2.24, 2.45) is 0 Å². The third kappa shape index (κ3) is 5.82. The normalized spacial score (nSPS) is 11.4. The van der Waals surface area contributed by atoms with Gasteiger partial charge in [0.05, 0.1) is 5.69 Å². The maximum Gasteiger partial charge on any atom is 0.143 e. The van der Waals surface area contributed by atoms with E-state index in [9.17, 15) is 0 Å². The Labute approximate surface area is 337 Å². The van der Waals surface area contributed by atoms with Crippen LogP contribution < -0.4 is 4.90 Å². The molecule has 0 spiro atoms. The summed E-state index contributed by atoms with van der Waals surface area (Å²) >= 11 is 0. The lowest BCUT2D eigenvalue weighted by molar-refractivity contribution is 0.672. The standard InChI is InChI=1S/C56H37NO/c1-2-14-38(15-3-1)39-28-32-44(33-29-39)57(45-34-30-40(31-35-45)42-18-12-19-43(36-42)47-25-13-17-41-16-4-5-20-46(41)47)54-26-10-8-22-49(54)52-37-53-50-23-9-11-27-55(50)58-56(53)51-24-7-6-21-48(51)52/h1-37H. The second-order valence-corrected chi connectivity index (χ2v) is 14.9. The molecule has 2 heteroatoms. The maximum absolute atomic E-state index is 6.51. The quantitative estimate of drug-likeness (QED) is 0.162. The highest BCUT2D eigenvalue weighted by molar-refractivity contribution is 6.20. The van der Waals surface area contributed by atoms with Crippen molar-refractivity contribution in [2.45, 2.75) is 0 Å². The van der Waals surface area contributed by atoms with E-state index in [1.165, 1.54) is 44.2 Å². The van der Waals surface area contributed by atoms with Crippen molar-refractivity contribution in [3.63, 3.8) is 0 Å². The summed E-state index contributed by atoms with van der Waals surface area (Å²) < 4.78 is 6.51. The highest BCUT2D eigenvalue weighted by Gasteiger charge is 2.21. The largest absolute Gasteiger partial charge is 0.455 e. The van der Waals surface area contributed by atoms with E-state index in [1.807, 2.05) is 6.07 Å². The molecule has 272 valence electrons. The molecule has 0 fully saturated rings. The van der Waals surface area contributed by atoms with E-state index in [1.54, 1.807) is 0 Å². The molecular weight excluding hydrogens is 703 g/mol. The molecule has 11 aromatic rings. The summed E-state index contributed by atoms with van der Waals surface area (Å²) in [5.74, 6) is 0. The number of hydrogen-bond donors (Lipinski definition) is 0. The van der Waals surface area contributed by atoms with Crippen molar-refractivity contribution in [1.82, 2.24) is 0 Å². The topological polar surface area (TPSA) is 16.4 Å². The fourth-order valence-corrected chi connectivity index (χ4v) is 8.67. The summed E-state index contributed by atoms with van der Waals surface area (Å²) in [6.07, 6.45) is 0. The molecule has 0 amide bonds. The lowest BCUT2D eigenvalue weighted by atomic mass is 9.93. The Bertz CT molecular complexity index is 3260. The average Bonchev–Trinajstić information content (AvgIpc) is 3.69. The van der Waals surface area contributed by atoms with Crippen LogP contribution in [0.1, 0.15) is 0 Å². The van der Waals surface area contributed by atoms with Gasteiger partial charge in [-0.15, -0.1) is 0 Å². The van der Waals surface area contributed by atoms with Gasteiger partial charge in [-0.1, -0.05) is 176 Å². The van der Waals surface area contributed by atoms with Gasteiger partial charge in [0, 0.05) is 33.1 Å². The van der Waals surface area contributed by atoms with Gasteiger partial charge in [-0.05, 0) is 104 Å². The second kappa shape index (κ2) is 14.1. The monoisotopic (exact) mass is 739 g/mol. The van der Waals surface area contributed by atoms with E-state index in [0.717, 1.165) is 60.9 Å². The Morgan fingerprint density at radius 3 is 1.62 bits per heavy atom. The zero-order valence-electron chi connectivity index (χ0n) is 31.7. The van der Waals surface area contributed by atoms with Crippen LogP contribution in [0.3, 0.4) is 0 Å². The Balaban J connectivity index is 1.06. The molecule has 0 bridgehead atoms. The lowest BCUT2D eigenvalue weighted by Crippen LogP contribution is -2.11. The number of para-hydroxylation sites is 2. The molecule has 0 aliphatic carbocycles. The number of furan rings is 1. The molecule has 0 aliphatic rings. The molecule has 1 heterocycles. The number of rotatable bonds is 7. The summed E-state index contributed by atoms with van der Waals surface area (Å²) in [7, 11) is 0. The van der Waals surface area contributed by atoms with E-state index < -0.39 is 0 Å². The van der Waals surface area contributed by atoms with Gasteiger partial charge in [0.25, 0.3) is 0 Å². The Morgan fingerprint density at radius 1 is 0.293 bits per heavy atom. The third-order valence-electron chi connectivity index (χ3n) is 11.5. The predicted octanol–water partition coefficient (Wildman–Crippen LogP) is 16.0. The molecule has 10 aromatic carbocycles. The fourth-order valence-electron chi connectivity index (χ4n) is 8.67. The highest BCUT2D eigenvalue weighted by atomic mass is 16.3. The van der Waals surface area contributed by atoms with Crippen LogP contribution in [0.25, 0.3) is 88.0 Å². The van der Waals surface area contributed by atoms with E-state index >= 15 is 0 Å². The van der Waals surface area contributed by atoms with Crippen molar-refractivity contribution in [3.05, 3.63) is 224 Å². The average molecular weight is 740 g/mol. The van der Waals surface area contributed by atoms with Gasteiger partial charge in [-0.2, -0.15) is 0 Å². The van der Waals surface area contributed by atoms with Crippen molar-refractivity contribution >= 4 is 60.5 Å². The summed E-state index contributed by atoms with van der Waals surface area (Å²) in [5, 5.41) is 7.01. The van der Waals surface area contributed by atoms with Crippen LogP contribution in [0.2, 0.25) is 0 Å². The van der Waals surface area contributed by atoms with Gasteiger partial charge >= 0.3 is 0 Å². The Kier molecular flexibility index (Phi) is 8.19. The number of anilines is 3. The molecule has 2 nitrogen and oxygen atoms in total. The minimum absolute atomic E-state index is 0.899. The van der Waals surface area contributed by atoms with Crippen LogP contribution in [0.15, 0.2) is 229 Å². The van der Waals surface area contributed by atoms with Gasteiger partial charge in [-0.3, -0.25) is 0 Å². The van der Waals surface area contributed by atoms with Crippen LogP contribution in [0, 0.1) is 0 Å². The number of hydrogen-bond acceptors (Lipinski definition) is 2. The highest BCUT2D eigenvalue weighted by Crippen LogP contribution is 2.46. The van der Waals surface area contributed by atoms with Gasteiger partial charge in [0.2, 0.25) is 0 Å². The molecule has 0 saturated heterocycles. The first kappa shape index (κ1) is 33.6. The second-order valence-electron chi connectivity index (χ2n) is 14.9. The van der Waals surface area contributed by atoms with Crippen LogP contribution in [-0.4, -0.2) is 0 Å². The third-order valence-corrected chi connectivity index (χ3v) is 11.5. The van der Waals surface area contributed by atoms with Crippen LogP contribution in [0.4, 0.5) is 17.1 Å². The molecule has 0 aliphatic heterocycles.